The summed E-state index contributed by atoms with van der Waals surface area (Å²) in [6.07, 6.45) is 0. The molecule has 1 fully saturated rings. The molecule has 2 atom stereocenters. The van der Waals surface area contributed by atoms with E-state index in [2.05, 4.69) is 4.37 Å². The highest BCUT2D eigenvalue weighted by Crippen LogP contribution is 2.34. The molecule has 2 unspecified atom stereocenters. The average Bonchev–Trinajstić information content (AvgIpc) is 2.92. The molecule has 0 saturated carbocycles. The van der Waals surface area contributed by atoms with E-state index in [1.165, 1.54) is 11.9 Å². The molecule has 8 heteroatoms. The summed E-state index contributed by atoms with van der Waals surface area (Å²) in [6.45, 7) is 3.90. The van der Waals surface area contributed by atoms with Crippen LogP contribution in [0.2, 0.25) is 0 Å². The van der Waals surface area contributed by atoms with Crippen LogP contribution in [-0.2, 0) is 9.53 Å². The van der Waals surface area contributed by atoms with E-state index in [-0.39, 0.29) is 18.1 Å². The van der Waals surface area contributed by atoms with E-state index in [4.69, 9.17) is 10.5 Å². The second-order valence-electron chi connectivity index (χ2n) is 5.16. The smallest absolute Gasteiger partial charge is 0.340 e. The van der Waals surface area contributed by atoms with Crippen LogP contribution >= 0.6 is 11.5 Å². The second-order valence-corrected chi connectivity index (χ2v) is 5.91. The summed E-state index contributed by atoms with van der Waals surface area (Å²) >= 11 is 0.992. The molecule has 20 heavy (non-hydrogen) atoms. The largest absolute Gasteiger partial charge is 0.478 e. The number of hydrogen-bond donors (Lipinski definition) is 2. The van der Waals surface area contributed by atoms with Gasteiger partial charge in [0.1, 0.15) is 10.6 Å². The van der Waals surface area contributed by atoms with Crippen LogP contribution in [0.15, 0.2) is 0 Å². The van der Waals surface area contributed by atoms with Gasteiger partial charge in [0, 0.05) is 13.1 Å². The Morgan fingerprint density at radius 3 is 2.75 bits per heavy atom. The fourth-order valence-electron chi connectivity index (χ4n) is 2.22. The number of rotatable bonds is 3. The molecule has 1 aromatic rings. The molecule has 1 saturated heterocycles. The molecule has 7 nitrogen and oxygen atoms in total. The predicted octanol–water partition coefficient (Wildman–Crippen LogP) is 0.476. The number of aromatic carboxylic acids is 1. The van der Waals surface area contributed by atoms with Gasteiger partial charge >= 0.3 is 5.97 Å². The van der Waals surface area contributed by atoms with Crippen molar-refractivity contribution in [3.05, 3.63) is 11.3 Å². The Kier molecular flexibility index (Phi) is 3.81. The standard InChI is InChI=1S/C12H17N3O4S/c1-6-8(10(16)17)9(20-14-6)15(3)11(18)12(2)5-19-4-7(12)13/h7H,4-5,13H2,1-3H3,(H,16,17). The summed E-state index contributed by atoms with van der Waals surface area (Å²) < 4.78 is 9.28. The molecule has 0 bridgehead atoms. The summed E-state index contributed by atoms with van der Waals surface area (Å²) in [7, 11) is 1.54. The first-order chi connectivity index (χ1) is 9.29. The van der Waals surface area contributed by atoms with Crippen LogP contribution in [0.1, 0.15) is 23.0 Å². The van der Waals surface area contributed by atoms with Gasteiger partial charge in [-0.3, -0.25) is 4.79 Å². The zero-order valence-electron chi connectivity index (χ0n) is 11.5. The number of aryl methyl sites for hydroxylation is 1. The number of hydrogen-bond acceptors (Lipinski definition) is 6. The van der Waals surface area contributed by atoms with Crippen LogP contribution in [0.5, 0.6) is 0 Å². The number of anilines is 1. The third-order valence-corrected chi connectivity index (χ3v) is 4.69. The highest BCUT2D eigenvalue weighted by Gasteiger charge is 2.46. The van der Waals surface area contributed by atoms with Gasteiger partial charge in [-0.15, -0.1) is 0 Å². The Morgan fingerprint density at radius 2 is 2.25 bits per heavy atom. The Bertz CT molecular complexity index is 559. The molecule has 110 valence electrons. The van der Waals surface area contributed by atoms with Crippen LogP contribution in [0.25, 0.3) is 0 Å². The summed E-state index contributed by atoms with van der Waals surface area (Å²) in [6, 6.07) is -0.403. The minimum atomic E-state index is -1.09. The first-order valence-corrected chi connectivity index (χ1v) is 6.87. The van der Waals surface area contributed by atoms with E-state index >= 15 is 0 Å². The van der Waals surface area contributed by atoms with Crippen molar-refractivity contribution in [3.8, 4) is 0 Å². The molecule has 2 heterocycles. The van der Waals surface area contributed by atoms with Gasteiger partial charge in [-0.05, 0) is 25.4 Å². The number of nitrogens with zero attached hydrogens (tertiary/aromatic N) is 2. The molecule has 1 aromatic heterocycles. The quantitative estimate of drug-likeness (QED) is 0.840. The van der Waals surface area contributed by atoms with E-state index in [1.807, 2.05) is 0 Å². The monoisotopic (exact) mass is 299 g/mol. The maximum absolute atomic E-state index is 12.6. The van der Waals surface area contributed by atoms with Crippen LogP contribution in [-0.4, -0.2) is 47.7 Å². The van der Waals surface area contributed by atoms with Gasteiger partial charge in [0.2, 0.25) is 5.91 Å². The fraction of sp³-hybridized carbons (Fsp3) is 0.583. The van der Waals surface area contributed by atoms with Crippen LogP contribution in [0.4, 0.5) is 5.00 Å². The number of ether oxygens (including phenoxy) is 1. The van der Waals surface area contributed by atoms with Crippen molar-refractivity contribution >= 4 is 28.4 Å². The highest BCUT2D eigenvalue weighted by molar-refractivity contribution is 7.11. The molecule has 0 spiro atoms. The number of carboxylic acid groups (broad SMARTS) is 1. The van der Waals surface area contributed by atoms with Crippen molar-refractivity contribution in [2.45, 2.75) is 19.9 Å². The lowest BCUT2D eigenvalue weighted by molar-refractivity contribution is -0.127. The lowest BCUT2D eigenvalue weighted by atomic mass is 9.84. The van der Waals surface area contributed by atoms with Crippen LogP contribution in [0, 0.1) is 12.3 Å². The molecule has 0 aliphatic carbocycles. The van der Waals surface area contributed by atoms with E-state index in [9.17, 15) is 14.7 Å². The minimum Gasteiger partial charge on any atom is -0.478 e. The highest BCUT2D eigenvalue weighted by atomic mass is 32.1. The van der Waals surface area contributed by atoms with Gasteiger partial charge < -0.3 is 20.5 Å². The normalized spacial score (nSPS) is 25.7. The molecule has 1 aliphatic rings. The fourth-order valence-corrected chi connectivity index (χ4v) is 3.06. The number of carbonyl (C=O) groups is 2. The number of nitrogens with two attached hydrogens (primary N) is 1. The molecule has 0 aromatic carbocycles. The molecule has 1 aliphatic heterocycles. The molecule has 2 rings (SSSR count). The number of carboxylic acids is 1. The summed E-state index contributed by atoms with van der Waals surface area (Å²) in [5.41, 5.74) is 5.54. The molecular weight excluding hydrogens is 282 g/mol. The SMILES string of the molecule is Cc1nsc(N(C)C(=O)C2(C)COCC2N)c1C(=O)O. The number of amides is 1. The van der Waals surface area contributed by atoms with Crippen LogP contribution < -0.4 is 10.6 Å². The maximum Gasteiger partial charge on any atom is 0.340 e. The van der Waals surface area contributed by atoms with Gasteiger partial charge in [-0.2, -0.15) is 4.37 Å². The molecular formula is C12H17N3O4S. The Morgan fingerprint density at radius 1 is 1.60 bits per heavy atom. The topological polar surface area (TPSA) is 106 Å². The van der Waals surface area contributed by atoms with Gasteiger partial charge in [-0.1, -0.05) is 0 Å². The van der Waals surface area contributed by atoms with Crippen molar-refractivity contribution in [2.75, 3.05) is 25.2 Å². The molecule has 3 N–H and O–H groups in total. The molecule has 1 amide bonds. The van der Waals surface area contributed by atoms with Gasteiger partial charge in [0.05, 0.1) is 24.3 Å². The summed E-state index contributed by atoms with van der Waals surface area (Å²) in [5.74, 6) is -1.35. The van der Waals surface area contributed by atoms with E-state index in [1.54, 1.807) is 13.8 Å². The second kappa shape index (κ2) is 5.12. The third-order valence-electron chi connectivity index (χ3n) is 3.67. The minimum absolute atomic E-state index is 0.0573. The average molecular weight is 299 g/mol. The van der Waals surface area contributed by atoms with Crippen molar-refractivity contribution in [3.63, 3.8) is 0 Å². The lowest BCUT2D eigenvalue weighted by Crippen LogP contribution is -2.50. The van der Waals surface area contributed by atoms with Gasteiger partial charge in [0.25, 0.3) is 0 Å². The summed E-state index contributed by atoms with van der Waals surface area (Å²) in [5, 5.41) is 9.55. The Balaban J connectivity index is 2.35. The Hall–Kier alpha value is -1.51. The lowest BCUT2D eigenvalue weighted by Gasteiger charge is -2.30. The van der Waals surface area contributed by atoms with E-state index in [0.29, 0.717) is 17.3 Å². The van der Waals surface area contributed by atoms with Crippen molar-refractivity contribution < 1.29 is 19.4 Å². The predicted molar refractivity (Wildman–Crippen MR) is 74.1 cm³/mol. The first kappa shape index (κ1) is 14.9. The third kappa shape index (κ3) is 2.19. The van der Waals surface area contributed by atoms with E-state index in [0.717, 1.165) is 11.5 Å². The maximum atomic E-state index is 12.6. The van der Waals surface area contributed by atoms with Crippen molar-refractivity contribution in [1.82, 2.24) is 4.37 Å². The van der Waals surface area contributed by atoms with Gasteiger partial charge in [0.15, 0.2) is 0 Å². The van der Waals surface area contributed by atoms with Crippen molar-refractivity contribution in [2.24, 2.45) is 11.1 Å². The van der Waals surface area contributed by atoms with Gasteiger partial charge in [-0.25, -0.2) is 4.79 Å². The zero-order chi connectivity index (χ0) is 15.1. The first-order valence-electron chi connectivity index (χ1n) is 6.10. The zero-order valence-corrected chi connectivity index (χ0v) is 12.4. The molecule has 0 radical (unpaired) electrons. The summed E-state index contributed by atoms with van der Waals surface area (Å²) in [4.78, 5) is 25.2. The van der Waals surface area contributed by atoms with Crippen LogP contribution in [0.3, 0.4) is 0 Å². The number of aromatic nitrogens is 1. The Labute approximate surface area is 120 Å². The number of carbonyl (C=O) groups excluding carboxylic acids is 1. The van der Waals surface area contributed by atoms with E-state index < -0.39 is 17.4 Å². The van der Waals surface area contributed by atoms with Crippen molar-refractivity contribution in [1.29, 1.82) is 0 Å².